The molecule has 1 aromatic rings. The second-order valence-electron chi connectivity index (χ2n) is 4.88. The molecule has 0 heterocycles. The number of nitrogens with one attached hydrogen (secondary N) is 1. The molecule has 1 N–H and O–H groups in total. The van der Waals surface area contributed by atoms with Crippen molar-refractivity contribution in [2.45, 2.75) is 45.3 Å². The highest BCUT2D eigenvalue weighted by Gasteiger charge is 2.36. The standard InChI is InChI=1S/C13H17F3N2O2/c1-4-12(3,5-2)17-11-7-6-9(18(19)20)8-10(11)13(14,15)16/h6-8,17H,4-5H2,1-3H3. The largest absolute Gasteiger partial charge is 0.418 e. The van der Waals surface area contributed by atoms with Crippen molar-refractivity contribution >= 4 is 11.4 Å². The summed E-state index contributed by atoms with van der Waals surface area (Å²) in [4.78, 5) is 9.77. The summed E-state index contributed by atoms with van der Waals surface area (Å²) < 4.78 is 39.0. The smallest absolute Gasteiger partial charge is 0.379 e. The van der Waals surface area contributed by atoms with Crippen molar-refractivity contribution < 1.29 is 18.1 Å². The Hall–Kier alpha value is -1.79. The lowest BCUT2D eigenvalue weighted by Crippen LogP contribution is -2.34. The first-order chi connectivity index (χ1) is 9.13. The summed E-state index contributed by atoms with van der Waals surface area (Å²) in [6.45, 7) is 5.55. The van der Waals surface area contributed by atoms with E-state index in [2.05, 4.69) is 5.32 Å². The molecule has 0 unspecified atom stereocenters. The maximum Gasteiger partial charge on any atom is 0.418 e. The molecule has 1 rings (SSSR count). The van der Waals surface area contributed by atoms with E-state index >= 15 is 0 Å². The van der Waals surface area contributed by atoms with Crippen LogP contribution in [-0.2, 0) is 6.18 Å². The molecular weight excluding hydrogens is 273 g/mol. The fourth-order valence-corrected chi connectivity index (χ4v) is 1.74. The van der Waals surface area contributed by atoms with Crippen molar-refractivity contribution in [1.82, 2.24) is 0 Å². The van der Waals surface area contributed by atoms with E-state index in [1.807, 2.05) is 20.8 Å². The van der Waals surface area contributed by atoms with Gasteiger partial charge in [0.25, 0.3) is 5.69 Å². The normalized spacial score (nSPS) is 12.3. The Kier molecular flexibility index (Phi) is 4.62. The van der Waals surface area contributed by atoms with Crippen LogP contribution in [0.3, 0.4) is 0 Å². The minimum absolute atomic E-state index is 0.130. The van der Waals surface area contributed by atoms with E-state index in [0.29, 0.717) is 18.9 Å². The van der Waals surface area contributed by atoms with Crippen LogP contribution in [0.5, 0.6) is 0 Å². The van der Waals surface area contributed by atoms with Crippen molar-refractivity contribution in [3.63, 3.8) is 0 Å². The predicted octanol–water partition coefficient (Wildman–Crippen LogP) is 4.60. The molecule has 0 aliphatic rings. The molecule has 20 heavy (non-hydrogen) atoms. The average Bonchev–Trinajstić information content (AvgIpc) is 2.37. The SMILES string of the molecule is CCC(C)(CC)Nc1ccc([N+](=O)[O-])cc1C(F)(F)F. The highest BCUT2D eigenvalue weighted by Crippen LogP contribution is 2.38. The van der Waals surface area contributed by atoms with E-state index in [0.717, 1.165) is 12.1 Å². The van der Waals surface area contributed by atoms with Gasteiger partial charge in [-0.3, -0.25) is 10.1 Å². The van der Waals surface area contributed by atoms with Gasteiger partial charge in [0.05, 0.1) is 10.5 Å². The molecule has 0 fully saturated rings. The van der Waals surface area contributed by atoms with Crippen LogP contribution in [0.15, 0.2) is 18.2 Å². The molecule has 0 amide bonds. The van der Waals surface area contributed by atoms with Crippen molar-refractivity contribution in [2.24, 2.45) is 0 Å². The molecule has 0 saturated heterocycles. The Labute approximate surface area is 115 Å². The number of benzene rings is 1. The van der Waals surface area contributed by atoms with E-state index in [9.17, 15) is 23.3 Å². The Balaban J connectivity index is 3.29. The molecule has 1 aromatic carbocycles. The lowest BCUT2D eigenvalue weighted by Gasteiger charge is -2.31. The van der Waals surface area contributed by atoms with Gasteiger partial charge in [-0.15, -0.1) is 0 Å². The number of anilines is 1. The Bertz CT molecular complexity index is 497. The maximum atomic E-state index is 13.0. The zero-order valence-corrected chi connectivity index (χ0v) is 11.5. The summed E-state index contributed by atoms with van der Waals surface area (Å²) in [5.74, 6) is 0. The van der Waals surface area contributed by atoms with Gasteiger partial charge in [-0.25, -0.2) is 0 Å². The van der Waals surface area contributed by atoms with Gasteiger partial charge in [-0.2, -0.15) is 13.2 Å². The molecule has 0 aromatic heterocycles. The predicted molar refractivity (Wildman–Crippen MR) is 70.7 cm³/mol. The maximum absolute atomic E-state index is 13.0. The summed E-state index contributed by atoms with van der Waals surface area (Å²) in [7, 11) is 0. The molecule has 0 spiro atoms. The number of alkyl halides is 3. The minimum Gasteiger partial charge on any atom is -0.379 e. The van der Waals surface area contributed by atoms with Crippen LogP contribution in [0, 0.1) is 10.1 Å². The van der Waals surface area contributed by atoms with Crippen molar-refractivity contribution in [2.75, 3.05) is 5.32 Å². The first kappa shape index (κ1) is 16.3. The molecule has 0 radical (unpaired) electrons. The third-order valence-electron chi connectivity index (χ3n) is 3.52. The molecule has 112 valence electrons. The third kappa shape index (κ3) is 3.61. The summed E-state index contributed by atoms with van der Waals surface area (Å²) in [5, 5.41) is 13.5. The Morgan fingerprint density at radius 3 is 2.20 bits per heavy atom. The zero-order valence-electron chi connectivity index (χ0n) is 11.5. The third-order valence-corrected chi connectivity index (χ3v) is 3.52. The molecule has 0 atom stereocenters. The molecule has 4 nitrogen and oxygen atoms in total. The molecule has 0 bridgehead atoms. The zero-order chi connectivity index (χ0) is 15.6. The Morgan fingerprint density at radius 1 is 1.25 bits per heavy atom. The number of non-ortho nitro benzene ring substituents is 1. The van der Waals surface area contributed by atoms with Gasteiger partial charge in [0.15, 0.2) is 0 Å². The van der Waals surface area contributed by atoms with Crippen LogP contribution in [0.2, 0.25) is 0 Å². The van der Waals surface area contributed by atoms with Crippen molar-refractivity contribution in [1.29, 1.82) is 0 Å². The van der Waals surface area contributed by atoms with Gasteiger partial charge in [-0.05, 0) is 25.8 Å². The minimum atomic E-state index is -4.64. The number of nitro groups is 1. The first-order valence-corrected chi connectivity index (χ1v) is 6.27. The second-order valence-corrected chi connectivity index (χ2v) is 4.88. The van der Waals surface area contributed by atoms with Crippen LogP contribution >= 0.6 is 0 Å². The van der Waals surface area contributed by atoms with Gasteiger partial charge in [-0.1, -0.05) is 13.8 Å². The molecular formula is C13H17F3N2O2. The molecule has 0 aliphatic carbocycles. The lowest BCUT2D eigenvalue weighted by atomic mass is 9.94. The summed E-state index contributed by atoms with van der Waals surface area (Å²) >= 11 is 0. The number of hydrogen-bond acceptors (Lipinski definition) is 3. The van der Waals surface area contributed by atoms with Gasteiger partial charge in [0, 0.05) is 23.4 Å². The van der Waals surface area contributed by atoms with E-state index in [4.69, 9.17) is 0 Å². The van der Waals surface area contributed by atoms with Crippen LogP contribution in [0.4, 0.5) is 24.5 Å². The summed E-state index contributed by atoms with van der Waals surface area (Å²) in [6.07, 6.45) is -3.37. The molecule has 7 heteroatoms. The summed E-state index contributed by atoms with van der Waals surface area (Å²) in [6, 6.07) is 2.75. The highest BCUT2D eigenvalue weighted by molar-refractivity contribution is 5.58. The van der Waals surface area contributed by atoms with E-state index in [1.54, 1.807) is 0 Å². The number of hydrogen-bond donors (Lipinski definition) is 1. The van der Waals surface area contributed by atoms with Gasteiger partial charge < -0.3 is 5.32 Å². The first-order valence-electron chi connectivity index (χ1n) is 6.27. The second kappa shape index (κ2) is 5.68. The quantitative estimate of drug-likeness (QED) is 0.636. The molecule has 0 saturated carbocycles. The van der Waals surface area contributed by atoms with E-state index in [-0.39, 0.29) is 5.69 Å². The van der Waals surface area contributed by atoms with Gasteiger partial charge >= 0.3 is 6.18 Å². The fourth-order valence-electron chi connectivity index (χ4n) is 1.74. The average molecular weight is 290 g/mol. The van der Waals surface area contributed by atoms with Gasteiger partial charge in [0.1, 0.15) is 0 Å². The van der Waals surface area contributed by atoms with Gasteiger partial charge in [0.2, 0.25) is 0 Å². The van der Waals surface area contributed by atoms with Crippen molar-refractivity contribution in [3.05, 3.63) is 33.9 Å². The monoisotopic (exact) mass is 290 g/mol. The van der Waals surface area contributed by atoms with Crippen LogP contribution in [0.25, 0.3) is 0 Å². The number of nitrogens with zero attached hydrogens (tertiary/aromatic N) is 1. The van der Waals surface area contributed by atoms with Crippen molar-refractivity contribution in [3.8, 4) is 0 Å². The highest BCUT2D eigenvalue weighted by atomic mass is 19.4. The topological polar surface area (TPSA) is 55.2 Å². The van der Waals surface area contributed by atoms with E-state index < -0.39 is 27.9 Å². The fraction of sp³-hybridized carbons (Fsp3) is 0.538. The number of nitro benzene ring substituents is 1. The summed E-state index contributed by atoms with van der Waals surface area (Å²) in [5.41, 5.74) is -2.21. The number of rotatable bonds is 5. The van der Waals surface area contributed by atoms with Crippen LogP contribution in [-0.4, -0.2) is 10.5 Å². The molecule has 0 aliphatic heterocycles. The van der Waals surface area contributed by atoms with E-state index in [1.165, 1.54) is 0 Å². The van der Waals surface area contributed by atoms with Crippen LogP contribution < -0.4 is 5.32 Å². The lowest BCUT2D eigenvalue weighted by molar-refractivity contribution is -0.385. The van der Waals surface area contributed by atoms with Crippen LogP contribution in [0.1, 0.15) is 39.2 Å². The number of halogens is 3. The Morgan fingerprint density at radius 2 is 1.80 bits per heavy atom.